The number of nitrogens with zero attached hydrogens (tertiary/aromatic N) is 1. The molecule has 9 heteroatoms. The number of hydrogen-bond acceptors (Lipinski definition) is 4. The summed E-state index contributed by atoms with van der Waals surface area (Å²) in [5, 5.41) is 6.41. The molecule has 4 aromatic carbocycles. The molecule has 0 spiro atoms. The van der Waals surface area contributed by atoms with E-state index in [2.05, 4.69) is 46.7 Å². The molecule has 5 rings (SSSR count). The van der Waals surface area contributed by atoms with Crippen LogP contribution in [0.1, 0.15) is 66.3 Å². The molecule has 0 aromatic heterocycles. The number of carbonyl (C=O) groups excluding carboxylic acids is 1. The van der Waals surface area contributed by atoms with E-state index < -0.39 is 11.7 Å². The van der Waals surface area contributed by atoms with Crippen molar-refractivity contribution in [2.24, 2.45) is 0 Å². The Labute approximate surface area is 292 Å². The Bertz CT molecular complexity index is 1570. The molecular weight excluding hydrogens is 647 g/mol. The summed E-state index contributed by atoms with van der Waals surface area (Å²) in [7, 11) is 0. The van der Waals surface area contributed by atoms with Gasteiger partial charge in [0.25, 0.3) is 0 Å². The number of benzene rings is 4. The fraction of sp³-hybridized carbons (Fsp3) is 0.375. The first-order chi connectivity index (χ1) is 23.7. The molecule has 1 heterocycles. The smallest absolute Gasteiger partial charge is 0.417 e. The van der Waals surface area contributed by atoms with Crippen LogP contribution in [0.15, 0.2) is 103 Å². The largest absolute Gasteiger partial charge is 0.494 e. The Hall–Kier alpha value is -3.85. The van der Waals surface area contributed by atoms with Gasteiger partial charge in [0.2, 0.25) is 5.91 Å². The van der Waals surface area contributed by atoms with Gasteiger partial charge in [-0.05, 0) is 72.7 Å². The third kappa shape index (κ3) is 10.6. The minimum atomic E-state index is -4.54. The average Bonchev–Trinajstić information content (AvgIpc) is 3.64. The quantitative estimate of drug-likeness (QED) is 0.116. The lowest BCUT2D eigenvalue weighted by atomic mass is 9.90. The fourth-order valence-corrected chi connectivity index (χ4v) is 6.93. The van der Waals surface area contributed by atoms with Gasteiger partial charge in [0.1, 0.15) is 5.75 Å². The monoisotopic (exact) mass is 691 g/mol. The van der Waals surface area contributed by atoms with Gasteiger partial charge in [0.15, 0.2) is 0 Å². The summed E-state index contributed by atoms with van der Waals surface area (Å²) in [5.41, 5.74) is 2.72. The van der Waals surface area contributed by atoms with Crippen LogP contribution in [0.2, 0.25) is 5.02 Å². The molecular formula is C40H45ClF3N3O2. The van der Waals surface area contributed by atoms with E-state index in [0.29, 0.717) is 43.5 Å². The summed E-state index contributed by atoms with van der Waals surface area (Å²) in [4.78, 5) is 15.0. The second-order valence-electron chi connectivity index (χ2n) is 12.7. The molecule has 2 unspecified atom stereocenters. The van der Waals surface area contributed by atoms with E-state index >= 15 is 0 Å². The zero-order chi connectivity index (χ0) is 34.6. The van der Waals surface area contributed by atoms with E-state index in [1.54, 1.807) is 6.07 Å². The highest BCUT2D eigenvalue weighted by molar-refractivity contribution is 6.32. The van der Waals surface area contributed by atoms with Crippen molar-refractivity contribution in [1.82, 2.24) is 15.5 Å². The highest BCUT2D eigenvalue weighted by Crippen LogP contribution is 2.37. The Morgan fingerprint density at radius 2 is 1.67 bits per heavy atom. The predicted octanol–water partition coefficient (Wildman–Crippen LogP) is 8.65. The maximum absolute atomic E-state index is 13.7. The molecule has 5 nitrogen and oxygen atoms in total. The summed E-state index contributed by atoms with van der Waals surface area (Å²) in [6, 6.07) is 32.4. The van der Waals surface area contributed by atoms with E-state index in [1.807, 2.05) is 60.7 Å². The van der Waals surface area contributed by atoms with E-state index in [4.69, 9.17) is 16.3 Å². The molecule has 1 amide bonds. The van der Waals surface area contributed by atoms with Crippen molar-refractivity contribution in [2.75, 3.05) is 26.2 Å². The molecule has 2 N–H and O–H groups in total. The predicted molar refractivity (Wildman–Crippen MR) is 190 cm³/mol. The Kier molecular flexibility index (Phi) is 13.2. The van der Waals surface area contributed by atoms with Crippen molar-refractivity contribution in [3.05, 3.63) is 136 Å². The van der Waals surface area contributed by atoms with Crippen LogP contribution in [-0.4, -0.2) is 49.1 Å². The van der Waals surface area contributed by atoms with Crippen molar-refractivity contribution >= 4 is 17.5 Å². The van der Waals surface area contributed by atoms with Crippen LogP contribution in [0, 0.1) is 0 Å². The first kappa shape index (κ1) is 36.4. The Balaban J connectivity index is 1.25. The molecule has 1 aliphatic heterocycles. The van der Waals surface area contributed by atoms with Crippen LogP contribution >= 0.6 is 11.6 Å². The summed E-state index contributed by atoms with van der Waals surface area (Å²) in [6.07, 6.45) is -0.556. The maximum atomic E-state index is 13.7. The molecule has 0 bridgehead atoms. The molecule has 1 saturated heterocycles. The molecule has 49 heavy (non-hydrogen) atoms. The zero-order valence-electron chi connectivity index (χ0n) is 27.9. The van der Waals surface area contributed by atoms with Crippen molar-refractivity contribution in [2.45, 2.75) is 69.8 Å². The van der Waals surface area contributed by atoms with Gasteiger partial charge in [-0.1, -0.05) is 103 Å². The van der Waals surface area contributed by atoms with Crippen molar-refractivity contribution in [1.29, 1.82) is 0 Å². The summed E-state index contributed by atoms with van der Waals surface area (Å²) < 4.78 is 47.3. The molecule has 4 aromatic rings. The lowest BCUT2D eigenvalue weighted by Crippen LogP contribution is -2.47. The summed E-state index contributed by atoms with van der Waals surface area (Å²) in [5.74, 6) is 0.661. The van der Waals surface area contributed by atoms with Crippen LogP contribution in [0.5, 0.6) is 5.75 Å². The molecule has 0 radical (unpaired) electrons. The van der Waals surface area contributed by atoms with E-state index in [1.165, 1.54) is 6.07 Å². The third-order valence-electron chi connectivity index (χ3n) is 9.14. The van der Waals surface area contributed by atoms with Crippen LogP contribution in [0.3, 0.4) is 0 Å². The second kappa shape index (κ2) is 17.7. The first-order valence-electron chi connectivity index (χ1n) is 17.1. The van der Waals surface area contributed by atoms with Gasteiger partial charge in [-0.25, -0.2) is 0 Å². The highest BCUT2D eigenvalue weighted by atomic mass is 35.5. The normalized spacial score (nSPS) is 15.4. The van der Waals surface area contributed by atoms with Gasteiger partial charge in [-0.15, -0.1) is 0 Å². The zero-order valence-corrected chi connectivity index (χ0v) is 28.6. The van der Waals surface area contributed by atoms with Gasteiger partial charge in [-0.3, -0.25) is 9.69 Å². The minimum Gasteiger partial charge on any atom is -0.494 e. The number of halogens is 4. The number of ether oxygens (including phenoxy) is 1. The second-order valence-corrected chi connectivity index (χ2v) is 13.1. The molecule has 0 aliphatic carbocycles. The van der Waals surface area contributed by atoms with Gasteiger partial charge in [0.05, 0.1) is 23.6 Å². The van der Waals surface area contributed by atoms with Gasteiger partial charge in [-0.2, -0.15) is 13.2 Å². The van der Waals surface area contributed by atoms with Crippen LogP contribution in [-0.2, 0) is 23.9 Å². The lowest BCUT2D eigenvalue weighted by Gasteiger charge is -2.29. The van der Waals surface area contributed by atoms with Crippen LogP contribution in [0.4, 0.5) is 13.2 Å². The summed E-state index contributed by atoms with van der Waals surface area (Å²) >= 11 is 6.37. The van der Waals surface area contributed by atoms with E-state index in [-0.39, 0.29) is 35.9 Å². The number of alkyl halides is 3. The number of hydrogen-bond donors (Lipinski definition) is 2. The van der Waals surface area contributed by atoms with Crippen LogP contribution in [0.25, 0.3) is 0 Å². The standard InChI is InChI=1S/C40H45ClF3N3O2/c1-2-36(37-21-11-22-45-37)46-38(48)26-29-13-9-19-33(25-29)49-24-12-23-47(27-32-18-10-20-35(39(32)41)40(42,43)44)28-34(30-14-5-3-6-15-30)31-16-7-4-8-17-31/h3-10,13-20,25,34,36-37,45H,2,11-12,21-24,26-28H2,1H3,(H,46,48). The van der Waals surface area contributed by atoms with Crippen LogP contribution < -0.4 is 15.4 Å². The third-order valence-corrected chi connectivity index (χ3v) is 9.59. The maximum Gasteiger partial charge on any atom is 0.417 e. The van der Waals surface area contributed by atoms with Crippen molar-refractivity contribution in [3.8, 4) is 5.75 Å². The first-order valence-corrected chi connectivity index (χ1v) is 17.5. The number of nitrogens with one attached hydrogen (secondary N) is 2. The highest BCUT2D eigenvalue weighted by Gasteiger charge is 2.34. The molecule has 2 atom stereocenters. The topological polar surface area (TPSA) is 53.6 Å². The van der Waals surface area contributed by atoms with Gasteiger partial charge >= 0.3 is 6.18 Å². The molecule has 260 valence electrons. The van der Waals surface area contributed by atoms with Gasteiger partial charge in [0, 0.05) is 37.6 Å². The van der Waals surface area contributed by atoms with E-state index in [9.17, 15) is 18.0 Å². The van der Waals surface area contributed by atoms with Crippen molar-refractivity contribution < 1.29 is 22.7 Å². The SMILES string of the molecule is CCC(NC(=O)Cc1cccc(OCCCN(Cc2cccc(C(F)(F)F)c2Cl)CC(c2ccccc2)c2ccccc2)c1)C1CCCN1. The Morgan fingerprint density at radius 3 is 2.31 bits per heavy atom. The Morgan fingerprint density at radius 1 is 0.980 bits per heavy atom. The number of carbonyl (C=O) groups is 1. The van der Waals surface area contributed by atoms with E-state index in [0.717, 1.165) is 48.6 Å². The molecule has 1 fully saturated rings. The average molecular weight is 692 g/mol. The van der Waals surface area contributed by atoms with Gasteiger partial charge < -0.3 is 15.4 Å². The van der Waals surface area contributed by atoms with Crippen molar-refractivity contribution in [3.63, 3.8) is 0 Å². The summed E-state index contributed by atoms with van der Waals surface area (Å²) in [6.45, 7) is 4.87. The number of amides is 1. The number of rotatable bonds is 16. The molecule has 0 saturated carbocycles. The minimum absolute atomic E-state index is 0.00650. The lowest BCUT2D eigenvalue weighted by molar-refractivity contribution is -0.137. The molecule has 1 aliphatic rings. The fourth-order valence-electron chi connectivity index (χ4n) is 6.64.